The fourth-order valence-electron chi connectivity index (χ4n) is 3.35. The van der Waals surface area contributed by atoms with Gasteiger partial charge in [-0.25, -0.2) is 0 Å². The van der Waals surface area contributed by atoms with E-state index in [0.717, 1.165) is 12.1 Å². The minimum atomic E-state index is -4.62. The van der Waals surface area contributed by atoms with E-state index in [4.69, 9.17) is 22.1 Å². The lowest BCUT2D eigenvalue weighted by Crippen LogP contribution is -2.51. The Morgan fingerprint density at radius 1 is 1.03 bits per heavy atom. The van der Waals surface area contributed by atoms with E-state index in [1.54, 1.807) is 0 Å². The van der Waals surface area contributed by atoms with Crippen LogP contribution in [-0.2, 0) is 15.8 Å². The van der Waals surface area contributed by atoms with E-state index >= 15 is 0 Å². The van der Waals surface area contributed by atoms with Crippen LogP contribution in [0.25, 0.3) is 0 Å². The van der Waals surface area contributed by atoms with Crippen LogP contribution in [0.4, 0.5) is 18.9 Å². The molecule has 0 spiro atoms. The van der Waals surface area contributed by atoms with Gasteiger partial charge in [0.25, 0.3) is 0 Å². The highest BCUT2D eigenvalue weighted by Gasteiger charge is 2.33. The van der Waals surface area contributed by atoms with Crippen LogP contribution in [0.3, 0.4) is 0 Å². The number of amides is 2. The number of benzene rings is 1. The summed E-state index contributed by atoms with van der Waals surface area (Å²) in [5.74, 6) is -0.607. The summed E-state index contributed by atoms with van der Waals surface area (Å²) < 4.78 is 38.9. The standard InChI is InChI=1S/C21H24ClF3N6O2/c22-18-4-3-16(13-17(18)21(23,24)25)28-19(32)14-29-9-11-30(12-10-29)15-20(33)31(7-1-5-26)8-2-6-27/h3-4,13H,1-2,7-12,14-15H2,(H,28,32). The van der Waals surface area contributed by atoms with Crippen LogP contribution < -0.4 is 5.32 Å². The number of piperazine rings is 1. The monoisotopic (exact) mass is 484 g/mol. The molecule has 8 nitrogen and oxygen atoms in total. The second-order valence-electron chi connectivity index (χ2n) is 7.49. The smallest absolute Gasteiger partial charge is 0.340 e. The molecular weight excluding hydrogens is 461 g/mol. The summed E-state index contributed by atoms with van der Waals surface area (Å²) in [5, 5.41) is 19.5. The highest BCUT2D eigenvalue weighted by atomic mass is 35.5. The van der Waals surface area contributed by atoms with E-state index in [0.29, 0.717) is 26.2 Å². The molecule has 33 heavy (non-hydrogen) atoms. The minimum absolute atomic E-state index is 0.00221. The first-order chi connectivity index (χ1) is 15.6. The summed E-state index contributed by atoms with van der Waals surface area (Å²) in [6.45, 7) is 2.78. The molecule has 1 aromatic rings. The molecule has 12 heteroatoms. The molecule has 0 aliphatic carbocycles. The van der Waals surface area contributed by atoms with Gasteiger partial charge in [-0.2, -0.15) is 23.7 Å². The van der Waals surface area contributed by atoms with Crippen molar-refractivity contribution in [3.63, 3.8) is 0 Å². The third kappa shape index (κ3) is 8.54. The first kappa shape index (κ1) is 26.4. The van der Waals surface area contributed by atoms with Crippen molar-refractivity contribution in [3.8, 4) is 12.1 Å². The van der Waals surface area contributed by atoms with Crippen LogP contribution >= 0.6 is 11.6 Å². The van der Waals surface area contributed by atoms with E-state index in [2.05, 4.69) is 5.32 Å². The number of nitrogens with zero attached hydrogens (tertiary/aromatic N) is 5. The first-order valence-electron chi connectivity index (χ1n) is 10.3. The molecule has 1 aliphatic heterocycles. The number of alkyl halides is 3. The number of anilines is 1. The fraction of sp³-hybridized carbons (Fsp3) is 0.524. The van der Waals surface area contributed by atoms with E-state index in [9.17, 15) is 22.8 Å². The minimum Gasteiger partial charge on any atom is -0.340 e. The number of carbonyl (C=O) groups is 2. The van der Waals surface area contributed by atoms with Gasteiger partial charge in [0.15, 0.2) is 0 Å². The Morgan fingerprint density at radius 3 is 2.09 bits per heavy atom. The average Bonchev–Trinajstić information content (AvgIpc) is 2.75. The van der Waals surface area contributed by atoms with Gasteiger partial charge >= 0.3 is 6.18 Å². The molecule has 1 saturated heterocycles. The van der Waals surface area contributed by atoms with Crippen molar-refractivity contribution in [1.29, 1.82) is 10.5 Å². The predicted molar refractivity (Wildman–Crippen MR) is 115 cm³/mol. The van der Waals surface area contributed by atoms with Crippen LogP contribution in [0, 0.1) is 22.7 Å². The van der Waals surface area contributed by atoms with Gasteiger partial charge in [-0.15, -0.1) is 0 Å². The Labute approximate surface area is 195 Å². The van der Waals surface area contributed by atoms with Crippen molar-refractivity contribution >= 4 is 29.1 Å². The molecule has 2 amide bonds. The number of rotatable bonds is 9. The summed E-state index contributed by atoms with van der Waals surface area (Å²) in [7, 11) is 0. The zero-order valence-electron chi connectivity index (χ0n) is 17.9. The largest absolute Gasteiger partial charge is 0.417 e. The number of hydrogen-bond acceptors (Lipinski definition) is 6. The molecule has 0 bridgehead atoms. The summed E-state index contributed by atoms with van der Waals surface area (Å²) in [6.07, 6.45) is -4.24. The molecule has 0 saturated carbocycles. The Kier molecular flexibility index (Phi) is 9.92. The SMILES string of the molecule is N#CCCN(CCC#N)C(=O)CN1CCN(CC(=O)Nc2ccc(Cl)c(C(F)(F)F)c2)CC1. The normalized spacial score (nSPS) is 14.8. The number of nitrogens with one attached hydrogen (secondary N) is 1. The molecule has 1 N–H and O–H groups in total. The molecule has 1 aromatic carbocycles. The maximum atomic E-state index is 13.0. The van der Waals surface area contributed by atoms with E-state index in [1.807, 2.05) is 21.9 Å². The summed E-state index contributed by atoms with van der Waals surface area (Å²) in [4.78, 5) is 30.1. The van der Waals surface area contributed by atoms with Crippen molar-refractivity contribution in [2.75, 3.05) is 57.7 Å². The third-order valence-corrected chi connectivity index (χ3v) is 5.42. The van der Waals surface area contributed by atoms with Crippen LogP contribution in [0.2, 0.25) is 5.02 Å². The Morgan fingerprint density at radius 2 is 1.58 bits per heavy atom. The van der Waals surface area contributed by atoms with Gasteiger partial charge in [0.05, 0.1) is 48.7 Å². The maximum absolute atomic E-state index is 13.0. The van der Waals surface area contributed by atoms with Crippen LogP contribution in [0.5, 0.6) is 0 Å². The van der Waals surface area contributed by atoms with E-state index in [1.165, 1.54) is 11.0 Å². The molecule has 0 unspecified atom stereocenters. The number of halogens is 4. The quantitative estimate of drug-likeness (QED) is 0.578. The van der Waals surface area contributed by atoms with E-state index in [-0.39, 0.29) is 50.6 Å². The van der Waals surface area contributed by atoms with Gasteiger partial charge in [-0.3, -0.25) is 19.4 Å². The number of nitriles is 2. The van der Waals surface area contributed by atoms with Gasteiger partial charge in [0.1, 0.15) is 0 Å². The molecule has 1 aliphatic rings. The summed E-state index contributed by atoms with van der Waals surface area (Å²) >= 11 is 5.59. The Balaban J connectivity index is 1.82. The molecule has 178 valence electrons. The Bertz CT molecular complexity index is 902. The second kappa shape index (κ2) is 12.4. The lowest BCUT2D eigenvalue weighted by atomic mass is 10.2. The van der Waals surface area contributed by atoms with Gasteiger partial charge < -0.3 is 10.2 Å². The average molecular weight is 485 g/mol. The molecule has 0 radical (unpaired) electrons. The topological polar surface area (TPSA) is 103 Å². The Hall–Kier alpha value is -2.86. The summed E-state index contributed by atoms with van der Waals surface area (Å²) in [6, 6.07) is 7.18. The summed E-state index contributed by atoms with van der Waals surface area (Å²) in [5.41, 5.74) is -1.00. The second-order valence-corrected chi connectivity index (χ2v) is 7.90. The molecule has 1 heterocycles. The molecule has 2 rings (SSSR count). The van der Waals surface area contributed by atoms with Crippen molar-refractivity contribution in [2.24, 2.45) is 0 Å². The van der Waals surface area contributed by atoms with Crippen molar-refractivity contribution < 1.29 is 22.8 Å². The lowest BCUT2D eigenvalue weighted by Gasteiger charge is -2.35. The molecule has 0 atom stereocenters. The highest BCUT2D eigenvalue weighted by Crippen LogP contribution is 2.36. The maximum Gasteiger partial charge on any atom is 0.417 e. The van der Waals surface area contributed by atoms with Gasteiger partial charge in [0.2, 0.25) is 11.8 Å². The van der Waals surface area contributed by atoms with Crippen molar-refractivity contribution in [2.45, 2.75) is 19.0 Å². The number of carbonyl (C=O) groups excluding carboxylic acids is 2. The lowest BCUT2D eigenvalue weighted by molar-refractivity contribution is -0.137. The highest BCUT2D eigenvalue weighted by molar-refractivity contribution is 6.31. The van der Waals surface area contributed by atoms with E-state index < -0.39 is 22.7 Å². The number of hydrogen-bond donors (Lipinski definition) is 1. The van der Waals surface area contributed by atoms with Gasteiger partial charge in [0, 0.05) is 45.0 Å². The van der Waals surface area contributed by atoms with Crippen LogP contribution in [-0.4, -0.2) is 78.9 Å². The van der Waals surface area contributed by atoms with Crippen molar-refractivity contribution in [3.05, 3.63) is 28.8 Å². The first-order valence-corrected chi connectivity index (χ1v) is 10.6. The van der Waals surface area contributed by atoms with Crippen LogP contribution in [0.15, 0.2) is 18.2 Å². The molecule has 1 fully saturated rings. The van der Waals surface area contributed by atoms with Crippen molar-refractivity contribution in [1.82, 2.24) is 14.7 Å². The third-order valence-electron chi connectivity index (χ3n) is 5.09. The zero-order chi connectivity index (χ0) is 24.4. The fourth-order valence-corrected chi connectivity index (χ4v) is 3.58. The van der Waals surface area contributed by atoms with Crippen LogP contribution in [0.1, 0.15) is 18.4 Å². The van der Waals surface area contributed by atoms with Gasteiger partial charge in [-0.05, 0) is 18.2 Å². The van der Waals surface area contributed by atoms with Gasteiger partial charge in [-0.1, -0.05) is 11.6 Å². The zero-order valence-corrected chi connectivity index (χ0v) is 18.6. The molecule has 0 aromatic heterocycles. The molecular formula is C21H24ClF3N6O2. The predicted octanol–water partition coefficient (Wildman–Crippen LogP) is 2.57.